The predicted octanol–water partition coefficient (Wildman–Crippen LogP) is 5.01. The number of ether oxygens (including phenoxy) is 3. The Kier molecular flexibility index (Phi) is 8.42. The Balaban J connectivity index is 0.000000791. The van der Waals surface area contributed by atoms with Crippen LogP contribution in [-0.2, 0) is 0 Å². The fourth-order valence-corrected chi connectivity index (χ4v) is 2.38. The number of rotatable bonds is 4. The van der Waals surface area contributed by atoms with E-state index >= 15 is 0 Å². The molecule has 3 rings (SSSR count). The zero-order valence-electron chi connectivity index (χ0n) is 16.9. The molecule has 0 amide bonds. The van der Waals surface area contributed by atoms with Gasteiger partial charge < -0.3 is 19.2 Å². The Hall–Kier alpha value is -2.76. The summed E-state index contributed by atoms with van der Waals surface area (Å²) in [7, 11) is 4.76. The van der Waals surface area contributed by atoms with Gasteiger partial charge in [-0.25, -0.2) is 9.97 Å². The van der Waals surface area contributed by atoms with Crippen molar-refractivity contribution >= 4 is 11.2 Å². The highest BCUT2D eigenvalue weighted by Gasteiger charge is 2.15. The second kappa shape index (κ2) is 10.3. The molecule has 3 aromatic rings. The molecular weight excluding hydrogens is 330 g/mol. The monoisotopic (exact) mass is 359 g/mol. The molecule has 142 valence electrons. The van der Waals surface area contributed by atoms with Crippen LogP contribution in [0.1, 0.15) is 33.3 Å². The molecule has 26 heavy (non-hydrogen) atoms. The van der Waals surface area contributed by atoms with Gasteiger partial charge in [0.15, 0.2) is 17.1 Å². The van der Waals surface area contributed by atoms with E-state index in [4.69, 9.17) is 14.2 Å². The summed E-state index contributed by atoms with van der Waals surface area (Å²) in [5.74, 6) is 1.73. The first kappa shape index (κ1) is 21.3. The minimum Gasteiger partial charge on any atom is -0.493 e. The molecule has 0 saturated heterocycles. The van der Waals surface area contributed by atoms with Crippen molar-refractivity contribution in [3.05, 3.63) is 30.1 Å². The Morgan fingerprint density at radius 2 is 1.46 bits per heavy atom. The molecule has 2 heterocycles. The number of nitrogens with zero attached hydrogens (tertiary/aromatic N) is 2. The molecule has 0 unspecified atom stereocenters. The summed E-state index contributed by atoms with van der Waals surface area (Å²) in [6, 6.07) is 3.72. The van der Waals surface area contributed by atoms with E-state index in [2.05, 4.69) is 15.0 Å². The van der Waals surface area contributed by atoms with Crippen LogP contribution in [0.2, 0.25) is 0 Å². The van der Waals surface area contributed by atoms with E-state index in [1.807, 2.05) is 52.9 Å². The number of hydrogen-bond donors (Lipinski definition) is 1. The molecule has 0 radical (unpaired) electrons. The van der Waals surface area contributed by atoms with E-state index in [0.717, 1.165) is 28.0 Å². The van der Waals surface area contributed by atoms with E-state index in [-0.39, 0.29) is 0 Å². The third kappa shape index (κ3) is 4.25. The van der Waals surface area contributed by atoms with Crippen molar-refractivity contribution in [3.63, 3.8) is 0 Å². The van der Waals surface area contributed by atoms with Crippen LogP contribution in [0.4, 0.5) is 0 Å². The highest BCUT2D eigenvalue weighted by Crippen LogP contribution is 2.40. The van der Waals surface area contributed by atoms with Gasteiger partial charge in [0.05, 0.1) is 33.2 Å². The van der Waals surface area contributed by atoms with E-state index in [1.54, 1.807) is 27.5 Å². The summed E-state index contributed by atoms with van der Waals surface area (Å²) in [6.07, 6.45) is 3.61. The van der Waals surface area contributed by atoms with Gasteiger partial charge >= 0.3 is 0 Å². The van der Waals surface area contributed by atoms with Crippen molar-refractivity contribution in [1.29, 1.82) is 0 Å². The van der Waals surface area contributed by atoms with Crippen molar-refractivity contribution in [2.75, 3.05) is 21.3 Å². The minimum absolute atomic E-state index is 0.556. The van der Waals surface area contributed by atoms with Gasteiger partial charge in [-0.3, -0.25) is 0 Å². The van der Waals surface area contributed by atoms with Crippen LogP contribution >= 0.6 is 0 Å². The molecule has 0 aliphatic heterocycles. The van der Waals surface area contributed by atoms with Crippen molar-refractivity contribution < 1.29 is 14.2 Å². The number of aromatic nitrogens is 3. The molecule has 0 spiro atoms. The minimum atomic E-state index is 0.556. The molecule has 1 N–H and O–H groups in total. The summed E-state index contributed by atoms with van der Waals surface area (Å²) >= 11 is 0. The van der Waals surface area contributed by atoms with Crippen LogP contribution in [0, 0.1) is 6.92 Å². The molecule has 0 saturated carbocycles. The van der Waals surface area contributed by atoms with Gasteiger partial charge in [-0.1, -0.05) is 27.7 Å². The zero-order chi connectivity index (χ0) is 19.7. The first-order valence-corrected chi connectivity index (χ1v) is 8.79. The van der Waals surface area contributed by atoms with E-state index in [0.29, 0.717) is 17.2 Å². The molecular formula is C20H29N3O3. The maximum Gasteiger partial charge on any atom is 0.203 e. The SMILES string of the molecule is CC.CC.COc1cc(-c2cnc3[nH]cc(C)c3n2)cc(OC)c1OC. The highest BCUT2D eigenvalue weighted by atomic mass is 16.5. The summed E-state index contributed by atoms with van der Waals surface area (Å²) in [6.45, 7) is 9.99. The number of methoxy groups -OCH3 is 3. The van der Waals surface area contributed by atoms with Crippen molar-refractivity contribution in [2.24, 2.45) is 0 Å². The molecule has 0 aliphatic rings. The normalized spacial score (nSPS) is 9.54. The third-order valence-electron chi connectivity index (χ3n) is 3.53. The molecule has 0 aliphatic carbocycles. The highest BCUT2D eigenvalue weighted by molar-refractivity contribution is 5.78. The summed E-state index contributed by atoms with van der Waals surface area (Å²) in [5, 5.41) is 0. The molecule has 0 atom stereocenters. The van der Waals surface area contributed by atoms with Gasteiger partial charge in [0.25, 0.3) is 0 Å². The second-order valence-electron chi connectivity index (χ2n) is 4.84. The van der Waals surface area contributed by atoms with E-state index in [9.17, 15) is 0 Å². The molecule has 6 nitrogen and oxygen atoms in total. The van der Waals surface area contributed by atoms with Crippen LogP contribution in [0.5, 0.6) is 17.2 Å². The second-order valence-corrected chi connectivity index (χ2v) is 4.84. The maximum absolute atomic E-state index is 5.38. The van der Waals surface area contributed by atoms with Gasteiger partial charge in [0, 0.05) is 11.8 Å². The first-order valence-electron chi connectivity index (χ1n) is 8.79. The molecule has 6 heteroatoms. The number of aromatic amines is 1. The number of nitrogens with one attached hydrogen (secondary N) is 1. The van der Waals surface area contributed by atoms with Gasteiger partial charge in [-0.05, 0) is 24.6 Å². The van der Waals surface area contributed by atoms with Crippen molar-refractivity contribution in [2.45, 2.75) is 34.6 Å². The number of aryl methyl sites for hydroxylation is 1. The Labute approximate surface area is 155 Å². The topological polar surface area (TPSA) is 69.3 Å². The van der Waals surface area contributed by atoms with E-state index in [1.165, 1.54) is 0 Å². The molecule has 0 fully saturated rings. The average Bonchev–Trinajstić information content (AvgIpc) is 3.10. The van der Waals surface area contributed by atoms with Crippen LogP contribution in [0.3, 0.4) is 0 Å². The van der Waals surface area contributed by atoms with Gasteiger partial charge in [-0.2, -0.15) is 0 Å². The van der Waals surface area contributed by atoms with Gasteiger partial charge in [0.2, 0.25) is 5.75 Å². The standard InChI is InChI=1S/C16H17N3O3.2C2H6/c1-9-7-17-16-14(9)19-11(8-18-16)10-5-12(20-2)15(22-4)13(6-10)21-3;2*1-2/h5-8H,1-4H3,(H,17,18);2*1-2H3. The lowest BCUT2D eigenvalue weighted by Crippen LogP contribution is -1.96. The first-order chi connectivity index (χ1) is 12.7. The lowest BCUT2D eigenvalue weighted by Gasteiger charge is -2.13. The van der Waals surface area contributed by atoms with Crippen LogP contribution in [0.15, 0.2) is 24.5 Å². The van der Waals surface area contributed by atoms with Gasteiger partial charge in [-0.15, -0.1) is 0 Å². The number of fused-ring (bicyclic) bond motifs is 1. The van der Waals surface area contributed by atoms with Crippen LogP contribution < -0.4 is 14.2 Å². The van der Waals surface area contributed by atoms with Crippen LogP contribution in [-0.4, -0.2) is 36.3 Å². The van der Waals surface area contributed by atoms with Crippen molar-refractivity contribution in [1.82, 2.24) is 15.0 Å². The molecule has 0 bridgehead atoms. The summed E-state index contributed by atoms with van der Waals surface area (Å²) in [5.41, 5.74) is 4.27. The predicted molar refractivity (Wildman–Crippen MR) is 106 cm³/mol. The number of H-pyrrole nitrogens is 1. The smallest absolute Gasteiger partial charge is 0.203 e. The molecule has 2 aromatic heterocycles. The lowest BCUT2D eigenvalue weighted by molar-refractivity contribution is 0.324. The summed E-state index contributed by atoms with van der Waals surface area (Å²) in [4.78, 5) is 12.2. The maximum atomic E-state index is 5.38. The van der Waals surface area contributed by atoms with E-state index < -0.39 is 0 Å². The van der Waals surface area contributed by atoms with Gasteiger partial charge in [0.1, 0.15) is 5.52 Å². The lowest BCUT2D eigenvalue weighted by atomic mass is 10.1. The summed E-state index contributed by atoms with van der Waals surface area (Å²) < 4.78 is 16.1. The fourth-order valence-electron chi connectivity index (χ4n) is 2.38. The Bertz CT molecular complexity index is 803. The molecule has 1 aromatic carbocycles. The number of benzene rings is 1. The fraction of sp³-hybridized carbons (Fsp3) is 0.400. The number of hydrogen-bond acceptors (Lipinski definition) is 5. The zero-order valence-corrected chi connectivity index (χ0v) is 16.9. The Morgan fingerprint density at radius 3 is 1.96 bits per heavy atom. The quantitative estimate of drug-likeness (QED) is 0.709. The van der Waals surface area contributed by atoms with Crippen molar-refractivity contribution in [3.8, 4) is 28.5 Å². The van der Waals surface area contributed by atoms with Crippen LogP contribution in [0.25, 0.3) is 22.4 Å². The third-order valence-corrected chi connectivity index (χ3v) is 3.53. The largest absolute Gasteiger partial charge is 0.493 e. The average molecular weight is 359 g/mol. The Morgan fingerprint density at radius 1 is 0.885 bits per heavy atom.